The minimum Gasteiger partial charge on any atom is -0.493 e. The van der Waals surface area contributed by atoms with E-state index in [1.165, 1.54) is 24.3 Å². The zero-order valence-corrected chi connectivity index (χ0v) is 21.6. The van der Waals surface area contributed by atoms with E-state index in [0.29, 0.717) is 29.1 Å². The highest BCUT2D eigenvalue weighted by molar-refractivity contribution is 5.97. The van der Waals surface area contributed by atoms with Crippen molar-refractivity contribution in [3.05, 3.63) is 118 Å². The SMILES string of the molecule is C=CCNC(=O)c1cc2ccc(OC(=O)/C=C/c3ccc(OCc4ccccc4C)c(OC)c3)cc2oc1=O. The van der Waals surface area contributed by atoms with Crippen molar-refractivity contribution in [3.63, 3.8) is 0 Å². The van der Waals surface area contributed by atoms with Gasteiger partial charge in [0.15, 0.2) is 11.5 Å². The molecule has 198 valence electrons. The van der Waals surface area contributed by atoms with E-state index in [1.807, 2.05) is 31.2 Å². The second-order valence-corrected chi connectivity index (χ2v) is 8.53. The summed E-state index contributed by atoms with van der Waals surface area (Å²) in [6, 6.07) is 19.3. The molecule has 0 spiro atoms. The van der Waals surface area contributed by atoms with Crippen molar-refractivity contribution in [3.8, 4) is 17.2 Å². The van der Waals surface area contributed by atoms with Gasteiger partial charge in [0.2, 0.25) is 0 Å². The highest BCUT2D eigenvalue weighted by Gasteiger charge is 2.14. The van der Waals surface area contributed by atoms with Crippen molar-refractivity contribution >= 4 is 28.9 Å². The largest absolute Gasteiger partial charge is 0.493 e. The average molecular weight is 526 g/mol. The first-order chi connectivity index (χ1) is 18.9. The number of nitrogens with one attached hydrogen (secondary N) is 1. The molecular weight excluding hydrogens is 498 g/mol. The summed E-state index contributed by atoms with van der Waals surface area (Å²) >= 11 is 0. The molecule has 0 aliphatic rings. The van der Waals surface area contributed by atoms with E-state index in [-0.39, 0.29) is 23.4 Å². The first kappa shape index (κ1) is 26.9. The molecule has 4 aromatic rings. The lowest BCUT2D eigenvalue weighted by molar-refractivity contribution is -0.128. The van der Waals surface area contributed by atoms with E-state index in [0.717, 1.165) is 11.1 Å². The highest BCUT2D eigenvalue weighted by atomic mass is 16.5. The van der Waals surface area contributed by atoms with E-state index in [1.54, 1.807) is 43.5 Å². The Bertz CT molecular complexity index is 1620. The standard InChI is InChI=1S/C31H27NO7/c1-4-15-32-30(34)25-17-22-11-12-24(18-27(22)39-31(25)35)38-29(33)14-10-21-9-13-26(28(16-21)36-3)37-19-23-8-6-5-7-20(23)2/h4-14,16-18H,1,15,19H2,2-3H3,(H,32,34)/b14-10+. The van der Waals surface area contributed by atoms with Gasteiger partial charge in [-0.15, -0.1) is 6.58 Å². The highest BCUT2D eigenvalue weighted by Crippen LogP contribution is 2.29. The molecular formula is C31H27NO7. The van der Waals surface area contributed by atoms with Gasteiger partial charge in [0.25, 0.3) is 5.91 Å². The zero-order chi connectivity index (χ0) is 27.8. The number of methoxy groups -OCH3 is 1. The van der Waals surface area contributed by atoms with Crippen molar-refractivity contribution in [2.45, 2.75) is 13.5 Å². The van der Waals surface area contributed by atoms with Crippen molar-refractivity contribution in [1.82, 2.24) is 5.32 Å². The van der Waals surface area contributed by atoms with Gasteiger partial charge in [0, 0.05) is 24.1 Å². The number of ether oxygens (including phenoxy) is 3. The van der Waals surface area contributed by atoms with Crippen LogP contribution in [0.4, 0.5) is 0 Å². The molecule has 0 aliphatic heterocycles. The Kier molecular flexibility index (Phi) is 8.58. The summed E-state index contributed by atoms with van der Waals surface area (Å²) in [5.74, 6) is 0.104. The fourth-order valence-corrected chi connectivity index (χ4v) is 3.72. The van der Waals surface area contributed by atoms with Crippen molar-refractivity contribution < 1.29 is 28.2 Å². The Balaban J connectivity index is 1.42. The van der Waals surface area contributed by atoms with Crippen LogP contribution in [0.25, 0.3) is 17.0 Å². The van der Waals surface area contributed by atoms with Gasteiger partial charge in [-0.1, -0.05) is 36.4 Å². The molecule has 1 aromatic heterocycles. The van der Waals surface area contributed by atoms with Crippen molar-refractivity contribution in [2.24, 2.45) is 0 Å². The molecule has 0 saturated heterocycles. The molecule has 1 amide bonds. The fourth-order valence-electron chi connectivity index (χ4n) is 3.72. The van der Waals surface area contributed by atoms with Crippen LogP contribution in [0.1, 0.15) is 27.0 Å². The maximum absolute atomic E-state index is 12.4. The molecule has 0 radical (unpaired) electrons. The normalized spacial score (nSPS) is 10.8. The number of hydrogen-bond donors (Lipinski definition) is 1. The maximum atomic E-state index is 12.4. The Hall–Kier alpha value is -5.11. The van der Waals surface area contributed by atoms with Crippen LogP contribution in [0.15, 0.2) is 94.7 Å². The third-order valence-corrected chi connectivity index (χ3v) is 5.82. The molecule has 8 nitrogen and oxygen atoms in total. The smallest absolute Gasteiger partial charge is 0.349 e. The van der Waals surface area contributed by atoms with Crippen LogP contribution >= 0.6 is 0 Å². The van der Waals surface area contributed by atoms with Gasteiger partial charge < -0.3 is 23.9 Å². The van der Waals surface area contributed by atoms with Crippen LogP contribution < -0.4 is 25.2 Å². The van der Waals surface area contributed by atoms with Crippen LogP contribution in [-0.2, 0) is 11.4 Å². The Morgan fingerprint density at radius 3 is 2.62 bits per heavy atom. The summed E-state index contributed by atoms with van der Waals surface area (Å²) in [5.41, 5.74) is 2.18. The molecule has 8 heteroatoms. The quantitative estimate of drug-likeness (QED) is 0.0995. The lowest BCUT2D eigenvalue weighted by Gasteiger charge is -2.12. The molecule has 0 fully saturated rings. The average Bonchev–Trinajstić information content (AvgIpc) is 2.94. The molecule has 1 N–H and O–H groups in total. The second kappa shape index (κ2) is 12.4. The fraction of sp³-hybridized carbons (Fsp3) is 0.129. The number of benzene rings is 3. The monoisotopic (exact) mass is 525 g/mol. The predicted molar refractivity (Wildman–Crippen MR) is 148 cm³/mol. The van der Waals surface area contributed by atoms with Crippen LogP contribution in [0.3, 0.4) is 0 Å². The predicted octanol–water partition coefficient (Wildman–Crippen LogP) is 5.22. The molecule has 39 heavy (non-hydrogen) atoms. The van der Waals surface area contributed by atoms with Gasteiger partial charge in [-0.2, -0.15) is 0 Å². The summed E-state index contributed by atoms with van der Waals surface area (Å²) in [4.78, 5) is 36.8. The van der Waals surface area contributed by atoms with Crippen LogP contribution in [-0.4, -0.2) is 25.5 Å². The zero-order valence-electron chi connectivity index (χ0n) is 21.6. The number of esters is 1. The molecule has 1 heterocycles. The number of carbonyl (C=O) groups excluding carboxylic acids is 2. The van der Waals surface area contributed by atoms with E-state index < -0.39 is 17.5 Å². The first-order valence-corrected chi connectivity index (χ1v) is 12.1. The molecule has 0 bridgehead atoms. The number of aryl methyl sites for hydroxylation is 1. The Morgan fingerprint density at radius 2 is 1.85 bits per heavy atom. The van der Waals surface area contributed by atoms with Gasteiger partial charge in [-0.3, -0.25) is 4.79 Å². The van der Waals surface area contributed by atoms with E-state index >= 15 is 0 Å². The third kappa shape index (κ3) is 6.81. The molecule has 0 atom stereocenters. The third-order valence-electron chi connectivity index (χ3n) is 5.82. The van der Waals surface area contributed by atoms with E-state index in [4.69, 9.17) is 18.6 Å². The minimum atomic E-state index is -0.798. The molecule has 3 aromatic carbocycles. The Labute approximate surface area is 225 Å². The molecule has 4 rings (SSSR count). The number of rotatable bonds is 10. The Morgan fingerprint density at radius 1 is 1.03 bits per heavy atom. The number of hydrogen-bond acceptors (Lipinski definition) is 7. The summed E-state index contributed by atoms with van der Waals surface area (Å²) < 4.78 is 22.0. The van der Waals surface area contributed by atoms with Crippen LogP contribution in [0, 0.1) is 6.92 Å². The number of carbonyl (C=O) groups is 2. The van der Waals surface area contributed by atoms with Gasteiger partial charge in [-0.05, 0) is 60.0 Å². The molecule has 0 saturated carbocycles. The van der Waals surface area contributed by atoms with E-state index in [2.05, 4.69) is 11.9 Å². The van der Waals surface area contributed by atoms with Crippen molar-refractivity contribution in [2.75, 3.05) is 13.7 Å². The summed E-state index contributed by atoms with van der Waals surface area (Å²) in [7, 11) is 1.55. The van der Waals surface area contributed by atoms with Crippen LogP contribution in [0.2, 0.25) is 0 Å². The van der Waals surface area contributed by atoms with Crippen LogP contribution in [0.5, 0.6) is 17.2 Å². The summed E-state index contributed by atoms with van der Waals surface area (Å²) in [5, 5.41) is 3.04. The van der Waals surface area contributed by atoms with Gasteiger partial charge in [0.05, 0.1) is 7.11 Å². The van der Waals surface area contributed by atoms with E-state index in [9.17, 15) is 14.4 Å². The lowest BCUT2D eigenvalue weighted by atomic mass is 10.1. The number of fused-ring (bicyclic) bond motifs is 1. The topological polar surface area (TPSA) is 104 Å². The lowest BCUT2D eigenvalue weighted by Crippen LogP contribution is -2.28. The minimum absolute atomic E-state index is 0.126. The van der Waals surface area contributed by atoms with Gasteiger partial charge in [0.1, 0.15) is 23.5 Å². The molecule has 0 unspecified atom stereocenters. The summed E-state index contributed by atoms with van der Waals surface area (Å²) in [6.45, 7) is 6.17. The first-order valence-electron chi connectivity index (χ1n) is 12.1. The van der Waals surface area contributed by atoms with Crippen molar-refractivity contribution in [1.29, 1.82) is 0 Å². The number of amides is 1. The maximum Gasteiger partial charge on any atom is 0.349 e. The molecule has 0 aliphatic carbocycles. The van der Waals surface area contributed by atoms with Gasteiger partial charge in [-0.25, -0.2) is 9.59 Å². The second-order valence-electron chi connectivity index (χ2n) is 8.53. The summed E-state index contributed by atoms with van der Waals surface area (Å²) in [6.07, 6.45) is 4.37. The van der Waals surface area contributed by atoms with Gasteiger partial charge >= 0.3 is 11.6 Å².